The maximum absolute atomic E-state index is 13.1. The fraction of sp³-hybridized carbons (Fsp3) is 0.400. The Hall–Kier alpha value is -3.35. The molecule has 3 aromatic rings. The number of hydrogen-bond acceptors (Lipinski definition) is 6. The quantitative estimate of drug-likeness (QED) is 0.587. The summed E-state index contributed by atoms with van der Waals surface area (Å²) in [5.74, 6) is 2.13. The van der Waals surface area contributed by atoms with Crippen molar-refractivity contribution in [1.82, 2.24) is 15.0 Å². The van der Waals surface area contributed by atoms with E-state index in [0.717, 1.165) is 55.9 Å². The summed E-state index contributed by atoms with van der Waals surface area (Å²) in [6, 6.07) is 17.8. The predicted molar refractivity (Wildman–Crippen MR) is 122 cm³/mol. The monoisotopic (exact) mass is 432 g/mol. The highest BCUT2D eigenvalue weighted by atomic mass is 16.5. The smallest absolute Gasteiger partial charge is 0.265 e. The molecule has 1 saturated heterocycles. The zero-order chi connectivity index (χ0) is 21.8. The number of piperidine rings is 1. The van der Waals surface area contributed by atoms with E-state index in [-0.39, 0.29) is 5.91 Å². The standard InChI is InChI=1S/C25H28N4O3/c30-25(28-15-7-2-8-16-28)22-18-29(20-12-5-6-13-21(20)31-22)17-9-14-23-26-24(27-32-23)19-10-3-1-4-11-19/h1,3-6,10-13,22H,2,7-9,14-18H2. The number of amides is 1. The Morgan fingerprint density at radius 1 is 1.00 bits per heavy atom. The van der Waals surface area contributed by atoms with Crippen LogP contribution in [0.25, 0.3) is 11.4 Å². The minimum absolute atomic E-state index is 0.105. The van der Waals surface area contributed by atoms with Crippen LogP contribution in [0.3, 0.4) is 0 Å². The van der Waals surface area contributed by atoms with Crippen molar-refractivity contribution in [2.75, 3.05) is 31.1 Å². The highest BCUT2D eigenvalue weighted by molar-refractivity contribution is 5.83. The molecule has 1 atom stereocenters. The van der Waals surface area contributed by atoms with Gasteiger partial charge in [-0.3, -0.25) is 4.79 Å². The van der Waals surface area contributed by atoms with Crippen LogP contribution in [-0.4, -0.2) is 53.2 Å². The molecule has 0 radical (unpaired) electrons. The molecule has 32 heavy (non-hydrogen) atoms. The minimum Gasteiger partial charge on any atom is -0.477 e. The molecule has 0 aliphatic carbocycles. The summed E-state index contributed by atoms with van der Waals surface area (Å²) in [7, 11) is 0. The highest BCUT2D eigenvalue weighted by Crippen LogP contribution is 2.34. The van der Waals surface area contributed by atoms with Crippen molar-refractivity contribution in [3.8, 4) is 17.1 Å². The number of aryl methyl sites for hydroxylation is 1. The van der Waals surface area contributed by atoms with E-state index in [4.69, 9.17) is 9.26 Å². The van der Waals surface area contributed by atoms with Crippen molar-refractivity contribution >= 4 is 11.6 Å². The molecule has 1 unspecified atom stereocenters. The van der Waals surface area contributed by atoms with Gasteiger partial charge in [0.2, 0.25) is 11.7 Å². The summed E-state index contributed by atoms with van der Waals surface area (Å²) in [6.45, 7) is 3.02. The Bertz CT molecular complexity index is 1050. The first kappa shape index (κ1) is 20.5. The zero-order valence-electron chi connectivity index (χ0n) is 18.2. The van der Waals surface area contributed by atoms with Crippen molar-refractivity contribution in [1.29, 1.82) is 0 Å². The van der Waals surface area contributed by atoms with Crippen LogP contribution < -0.4 is 9.64 Å². The molecule has 7 heteroatoms. The van der Waals surface area contributed by atoms with Crippen molar-refractivity contribution in [3.05, 3.63) is 60.5 Å². The average Bonchev–Trinajstić information content (AvgIpc) is 3.33. The zero-order valence-corrected chi connectivity index (χ0v) is 18.2. The van der Waals surface area contributed by atoms with E-state index in [0.29, 0.717) is 24.7 Å². The van der Waals surface area contributed by atoms with Gasteiger partial charge in [-0.2, -0.15) is 4.98 Å². The van der Waals surface area contributed by atoms with E-state index < -0.39 is 6.10 Å². The average molecular weight is 433 g/mol. The summed E-state index contributed by atoms with van der Waals surface area (Å²) in [5, 5.41) is 4.10. The van der Waals surface area contributed by atoms with Gasteiger partial charge in [-0.25, -0.2) is 0 Å². The SMILES string of the molecule is O=C(C1CN(CCCc2nc(-c3ccccc3)no2)c2ccccc2O1)N1CCCCC1. The predicted octanol–water partition coefficient (Wildman–Crippen LogP) is 3.95. The third-order valence-electron chi connectivity index (χ3n) is 6.12. The van der Waals surface area contributed by atoms with E-state index in [1.165, 1.54) is 6.42 Å². The Labute approximate surface area is 188 Å². The van der Waals surface area contributed by atoms with Crippen molar-refractivity contribution in [2.24, 2.45) is 0 Å². The number of benzene rings is 2. The number of anilines is 1. The molecule has 166 valence electrons. The van der Waals surface area contributed by atoms with Crippen LogP contribution in [0.4, 0.5) is 5.69 Å². The summed E-state index contributed by atoms with van der Waals surface area (Å²) >= 11 is 0. The number of aromatic nitrogens is 2. The summed E-state index contributed by atoms with van der Waals surface area (Å²) in [5.41, 5.74) is 1.98. The van der Waals surface area contributed by atoms with E-state index in [9.17, 15) is 4.79 Å². The van der Waals surface area contributed by atoms with Gasteiger partial charge in [0.25, 0.3) is 5.91 Å². The van der Waals surface area contributed by atoms with Crippen molar-refractivity contribution in [2.45, 2.75) is 38.2 Å². The Morgan fingerprint density at radius 2 is 1.78 bits per heavy atom. The number of fused-ring (bicyclic) bond motifs is 1. The maximum Gasteiger partial charge on any atom is 0.265 e. The number of likely N-dealkylation sites (tertiary alicyclic amines) is 1. The molecule has 5 rings (SSSR count). The second kappa shape index (κ2) is 9.42. The molecule has 2 aliphatic rings. The van der Waals surface area contributed by atoms with Crippen LogP contribution >= 0.6 is 0 Å². The molecule has 0 saturated carbocycles. The van der Waals surface area contributed by atoms with Crippen LogP contribution in [0.15, 0.2) is 59.1 Å². The van der Waals surface area contributed by atoms with E-state index in [2.05, 4.69) is 21.1 Å². The molecule has 1 aromatic heterocycles. The molecule has 0 N–H and O–H groups in total. The lowest BCUT2D eigenvalue weighted by atomic mass is 10.1. The van der Waals surface area contributed by atoms with E-state index >= 15 is 0 Å². The first-order chi connectivity index (χ1) is 15.8. The highest BCUT2D eigenvalue weighted by Gasteiger charge is 2.33. The molecular weight excluding hydrogens is 404 g/mol. The number of nitrogens with zero attached hydrogens (tertiary/aromatic N) is 4. The Balaban J connectivity index is 1.23. The van der Waals surface area contributed by atoms with Crippen LogP contribution in [0.1, 0.15) is 31.6 Å². The van der Waals surface area contributed by atoms with Gasteiger partial charge >= 0.3 is 0 Å². The fourth-order valence-electron chi connectivity index (χ4n) is 4.45. The van der Waals surface area contributed by atoms with E-state index in [1.807, 2.05) is 53.4 Å². The third-order valence-corrected chi connectivity index (χ3v) is 6.12. The first-order valence-corrected chi connectivity index (χ1v) is 11.5. The number of carbonyl (C=O) groups excluding carboxylic acids is 1. The minimum atomic E-state index is -0.462. The lowest BCUT2D eigenvalue weighted by Gasteiger charge is -2.38. The topological polar surface area (TPSA) is 71.7 Å². The summed E-state index contributed by atoms with van der Waals surface area (Å²) in [4.78, 5) is 21.8. The lowest BCUT2D eigenvalue weighted by Crippen LogP contribution is -2.51. The van der Waals surface area contributed by atoms with Gasteiger partial charge in [-0.15, -0.1) is 0 Å². The number of ether oxygens (including phenoxy) is 1. The molecule has 2 aromatic carbocycles. The van der Waals surface area contributed by atoms with Crippen LogP contribution in [0, 0.1) is 0 Å². The normalized spacial score (nSPS) is 18.2. The summed E-state index contributed by atoms with van der Waals surface area (Å²) < 4.78 is 11.6. The van der Waals surface area contributed by atoms with Crippen molar-refractivity contribution < 1.29 is 14.1 Å². The Kier molecular flexibility index (Phi) is 6.05. The van der Waals surface area contributed by atoms with Crippen LogP contribution in [0.5, 0.6) is 5.75 Å². The molecule has 0 bridgehead atoms. The lowest BCUT2D eigenvalue weighted by molar-refractivity contribution is -0.139. The van der Waals surface area contributed by atoms with E-state index in [1.54, 1.807) is 0 Å². The maximum atomic E-state index is 13.1. The number of hydrogen-bond donors (Lipinski definition) is 0. The number of rotatable bonds is 6. The third kappa shape index (κ3) is 4.47. The molecular formula is C25H28N4O3. The molecule has 1 fully saturated rings. The van der Waals surface area contributed by atoms with Crippen LogP contribution in [-0.2, 0) is 11.2 Å². The molecule has 0 spiro atoms. The first-order valence-electron chi connectivity index (χ1n) is 11.5. The van der Waals surface area contributed by atoms with Gasteiger partial charge in [0.1, 0.15) is 5.75 Å². The van der Waals surface area contributed by atoms with Crippen molar-refractivity contribution in [3.63, 3.8) is 0 Å². The van der Waals surface area contributed by atoms with Crippen LogP contribution in [0.2, 0.25) is 0 Å². The Morgan fingerprint density at radius 3 is 2.62 bits per heavy atom. The molecule has 2 aliphatic heterocycles. The largest absolute Gasteiger partial charge is 0.477 e. The molecule has 7 nitrogen and oxygen atoms in total. The second-order valence-electron chi connectivity index (χ2n) is 8.39. The number of para-hydroxylation sites is 2. The van der Waals surface area contributed by atoms with Gasteiger partial charge in [0.15, 0.2) is 6.10 Å². The second-order valence-corrected chi connectivity index (χ2v) is 8.39. The van der Waals surface area contributed by atoms with Gasteiger partial charge < -0.3 is 19.1 Å². The fourth-order valence-corrected chi connectivity index (χ4v) is 4.45. The summed E-state index contributed by atoms with van der Waals surface area (Å²) in [6.07, 6.45) is 4.42. The van der Waals surface area contributed by atoms with Gasteiger partial charge in [-0.1, -0.05) is 47.6 Å². The van der Waals surface area contributed by atoms with Gasteiger partial charge in [-0.05, 0) is 37.8 Å². The van der Waals surface area contributed by atoms with Gasteiger partial charge in [0.05, 0.1) is 12.2 Å². The molecule has 1 amide bonds. The number of carbonyl (C=O) groups is 1. The van der Waals surface area contributed by atoms with Gasteiger partial charge in [0, 0.05) is 31.6 Å². The molecule has 3 heterocycles.